The van der Waals surface area contributed by atoms with E-state index in [1.54, 1.807) is 26.0 Å². The number of hydrazone groups is 1. The Morgan fingerprint density at radius 3 is 2.79 bits per heavy atom. The van der Waals surface area contributed by atoms with Gasteiger partial charge in [-0.15, -0.1) is 0 Å². The lowest BCUT2D eigenvalue weighted by Crippen LogP contribution is -2.26. The molecule has 0 spiro atoms. The Balaban J connectivity index is 1.67. The van der Waals surface area contributed by atoms with E-state index in [-0.39, 0.29) is 17.9 Å². The number of phenolic OH excluding ortho intramolecular Hbond substituents is 1. The molecule has 7 nitrogen and oxygen atoms in total. The molecule has 8 heteroatoms. The van der Waals surface area contributed by atoms with Gasteiger partial charge in [-0.2, -0.15) is 5.10 Å². The summed E-state index contributed by atoms with van der Waals surface area (Å²) in [5, 5.41) is 14.6. The number of nitrogens with zero attached hydrogens (tertiary/aromatic N) is 1. The molecule has 0 aliphatic rings. The lowest BCUT2D eigenvalue weighted by atomic mass is 10.1. The number of amides is 1. The van der Waals surface area contributed by atoms with Gasteiger partial charge in [-0.05, 0) is 49.2 Å². The fraction of sp³-hybridized carbons (Fsp3) is 0.190. The summed E-state index contributed by atoms with van der Waals surface area (Å²) >= 11 is 0. The monoisotopic (exact) mass is 398 g/mol. The van der Waals surface area contributed by atoms with Gasteiger partial charge in [-0.3, -0.25) is 4.79 Å². The number of carbonyl (C=O) groups excluding carboxylic acids is 1. The molecule has 2 aromatic carbocycles. The Hall–Kier alpha value is -3.68. The number of hydrogen-bond donors (Lipinski definition) is 2. The molecule has 0 bridgehead atoms. The molecule has 1 aromatic heterocycles. The number of rotatable bonds is 6. The third-order valence-corrected chi connectivity index (χ3v) is 4.21. The van der Waals surface area contributed by atoms with Gasteiger partial charge in [0.2, 0.25) is 0 Å². The van der Waals surface area contributed by atoms with Crippen LogP contribution in [0.25, 0.3) is 11.0 Å². The first kappa shape index (κ1) is 20.1. The van der Waals surface area contributed by atoms with Crippen molar-refractivity contribution in [2.24, 2.45) is 5.10 Å². The van der Waals surface area contributed by atoms with Crippen LogP contribution >= 0.6 is 0 Å². The molecule has 0 radical (unpaired) electrons. The second kappa shape index (κ2) is 8.55. The molecule has 0 fully saturated rings. The zero-order chi connectivity index (χ0) is 21.0. The molecule has 0 atom stereocenters. The number of carbonyl (C=O) groups is 1. The molecule has 1 heterocycles. The predicted octanol–water partition coefficient (Wildman–Crippen LogP) is 3.26. The summed E-state index contributed by atoms with van der Waals surface area (Å²) in [7, 11) is 0. The van der Waals surface area contributed by atoms with E-state index in [0.29, 0.717) is 23.5 Å². The normalized spacial score (nSPS) is 11.5. The largest absolute Gasteiger partial charge is 0.507 e. The number of ether oxygens (including phenoxy) is 1. The van der Waals surface area contributed by atoms with Gasteiger partial charge in [0.1, 0.15) is 22.9 Å². The SMILES string of the molecule is CC/C(=N\NC(=O)COc1ccc2c(C)cc(=O)oc2c1)c1cc(F)ccc1O. The van der Waals surface area contributed by atoms with Gasteiger partial charge in [-0.25, -0.2) is 14.6 Å². The van der Waals surface area contributed by atoms with Crippen LogP contribution in [0, 0.1) is 12.7 Å². The number of aromatic hydroxyl groups is 1. The minimum absolute atomic E-state index is 0.134. The first-order valence-electron chi connectivity index (χ1n) is 8.89. The number of aryl methyl sites for hydroxylation is 1. The third-order valence-electron chi connectivity index (χ3n) is 4.21. The van der Waals surface area contributed by atoms with E-state index in [1.165, 1.54) is 18.2 Å². The van der Waals surface area contributed by atoms with E-state index in [1.807, 2.05) is 0 Å². The van der Waals surface area contributed by atoms with Gasteiger partial charge in [-0.1, -0.05) is 6.92 Å². The van der Waals surface area contributed by atoms with E-state index in [0.717, 1.165) is 23.1 Å². The molecule has 0 aliphatic heterocycles. The summed E-state index contributed by atoms with van der Waals surface area (Å²) in [6.07, 6.45) is 0.362. The third kappa shape index (κ3) is 4.78. The van der Waals surface area contributed by atoms with Gasteiger partial charge < -0.3 is 14.3 Å². The van der Waals surface area contributed by atoms with Crippen LogP contribution in [0.3, 0.4) is 0 Å². The van der Waals surface area contributed by atoms with Gasteiger partial charge in [0.15, 0.2) is 6.61 Å². The Labute approximate surface area is 165 Å². The van der Waals surface area contributed by atoms with Crippen molar-refractivity contribution in [2.75, 3.05) is 6.61 Å². The molecule has 150 valence electrons. The van der Waals surface area contributed by atoms with Crippen LogP contribution in [0.15, 0.2) is 56.8 Å². The zero-order valence-corrected chi connectivity index (χ0v) is 15.9. The van der Waals surface area contributed by atoms with Crippen molar-refractivity contribution in [3.05, 3.63) is 69.8 Å². The molecule has 1 amide bonds. The van der Waals surface area contributed by atoms with Crippen LogP contribution in [0.2, 0.25) is 0 Å². The average molecular weight is 398 g/mol. The smallest absolute Gasteiger partial charge is 0.336 e. The highest BCUT2D eigenvalue weighted by molar-refractivity contribution is 6.03. The minimum Gasteiger partial charge on any atom is -0.507 e. The number of halogens is 1. The van der Waals surface area contributed by atoms with E-state index >= 15 is 0 Å². The van der Waals surface area contributed by atoms with Crippen molar-refractivity contribution in [1.29, 1.82) is 0 Å². The van der Waals surface area contributed by atoms with Crippen molar-refractivity contribution in [1.82, 2.24) is 5.43 Å². The summed E-state index contributed by atoms with van der Waals surface area (Å²) in [6, 6.07) is 9.82. The summed E-state index contributed by atoms with van der Waals surface area (Å²) < 4.78 is 24.0. The summed E-state index contributed by atoms with van der Waals surface area (Å²) in [4.78, 5) is 23.5. The van der Waals surface area contributed by atoms with E-state index in [2.05, 4.69) is 10.5 Å². The molecular weight excluding hydrogens is 379 g/mol. The second-order valence-electron chi connectivity index (χ2n) is 6.30. The molecule has 3 rings (SSSR count). The Kier molecular flexibility index (Phi) is 5.92. The highest BCUT2D eigenvalue weighted by Crippen LogP contribution is 2.22. The van der Waals surface area contributed by atoms with Crippen molar-refractivity contribution in [3.8, 4) is 11.5 Å². The summed E-state index contributed by atoms with van der Waals surface area (Å²) in [5.41, 5.74) is 3.52. The van der Waals surface area contributed by atoms with Gasteiger partial charge in [0, 0.05) is 23.1 Å². The first-order valence-corrected chi connectivity index (χ1v) is 8.89. The lowest BCUT2D eigenvalue weighted by molar-refractivity contribution is -0.123. The molecule has 2 N–H and O–H groups in total. The van der Waals surface area contributed by atoms with Crippen LogP contribution in [-0.2, 0) is 4.79 Å². The highest BCUT2D eigenvalue weighted by Gasteiger charge is 2.11. The van der Waals surface area contributed by atoms with Gasteiger partial charge >= 0.3 is 5.63 Å². The molecule has 29 heavy (non-hydrogen) atoms. The van der Waals surface area contributed by atoms with Gasteiger partial charge in [0.25, 0.3) is 5.91 Å². The quantitative estimate of drug-likeness (QED) is 0.377. The van der Waals surface area contributed by atoms with Crippen molar-refractivity contribution in [3.63, 3.8) is 0 Å². The maximum atomic E-state index is 13.4. The molecule has 3 aromatic rings. The minimum atomic E-state index is -0.544. The van der Waals surface area contributed by atoms with E-state index < -0.39 is 17.3 Å². The van der Waals surface area contributed by atoms with Crippen molar-refractivity contribution >= 4 is 22.6 Å². The van der Waals surface area contributed by atoms with Crippen LogP contribution in [0.5, 0.6) is 11.5 Å². The van der Waals surface area contributed by atoms with Crippen LogP contribution in [0.1, 0.15) is 24.5 Å². The number of benzene rings is 2. The molecule has 0 saturated heterocycles. The Morgan fingerprint density at radius 2 is 2.03 bits per heavy atom. The number of hydrogen-bond acceptors (Lipinski definition) is 6. The molecule has 0 aliphatic carbocycles. The highest BCUT2D eigenvalue weighted by atomic mass is 19.1. The maximum absolute atomic E-state index is 13.4. The van der Waals surface area contributed by atoms with Crippen LogP contribution in [0.4, 0.5) is 4.39 Å². The second-order valence-corrected chi connectivity index (χ2v) is 6.30. The maximum Gasteiger partial charge on any atom is 0.336 e. The number of nitrogens with one attached hydrogen (secondary N) is 1. The predicted molar refractivity (Wildman–Crippen MR) is 106 cm³/mol. The summed E-state index contributed by atoms with van der Waals surface area (Å²) in [5.74, 6) is -0.848. The molecule has 0 saturated carbocycles. The Bertz CT molecular complexity index is 1150. The standard InChI is InChI=1S/C21H19FN2O5/c1-3-17(16-9-13(22)4-7-18(16)25)23-24-20(26)11-28-14-5-6-15-12(2)8-21(27)29-19(15)10-14/h4-10,25H,3,11H2,1-2H3,(H,24,26)/b23-17+. The zero-order valence-electron chi connectivity index (χ0n) is 15.9. The summed E-state index contributed by atoms with van der Waals surface area (Å²) in [6.45, 7) is 3.22. The average Bonchev–Trinajstić information content (AvgIpc) is 2.68. The van der Waals surface area contributed by atoms with Crippen LogP contribution < -0.4 is 15.8 Å². The topological polar surface area (TPSA) is 101 Å². The van der Waals surface area contributed by atoms with E-state index in [4.69, 9.17) is 9.15 Å². The van der Waals surface area contributed by atoms with Crippen LogP contribution in [-0.4, -0.2) is 23.3 Å². The van der Waals surface area contributed by atoms with Crippen molar-refractivity contribution < 1.29 is 23.4 Å². The number of fused-ring (bicyclic) bond motifs is 1. The fourth-order valence-electron chi connectivity index (χ4n) is 2.78. The Morgan fingerprint density at radius 1 is 1.24 bits per heavy atom. The molecular formula is C21H19FN2O5. The van der Waals surface area contributed by atoms with Crippen molar-refractivity contribution in [2.45, 2.75) is 20.3 Å². The van der Waals surface area contributed by atoms with Gasteiger partial charge in [0.05, 0.1) is 5.71 Å². The fourth-order valence-corrected chi connectivity index (χ4v) is 2.78. The van der Waals surface area contributed by atoms with E-state index in [9.17, 15) is 19.1 Å². The lowest BCUT2D eigenvalue weighted by Gasteiger charge is -2.09. The first-order chi connectivity index (χ1) is 13.9. The molecule has 0 unspecified atom stereocenters. The number of phenols is 1.